The van der Waals surface area contributed by atoms with Gasteiger partial charge < -0.3 is 59.7 Å². The van der Waals surface area contributed by atoms with Crippen LogP contribution in [-0.2, 0) is 68.5 Å². The molecule has 1 heterocycles. The lowest BCUT2D eigenvalue weighted by molar-refractivity contribution is -0.346. The number of hydrogen-bond acceptors (Lipinski definition) is 18. The molecule has 438 valence electrons. The first-order valence-corrected chi connectivity index (χ1v) is 27.5. The second-order valence-corrected chi connectivity index (χ2v) is 23.3. The van der Waals surface area contributed by atoms with E-state index in [0.29, 0.717) is 29.7 Å². The van der Waals surface area contributed by atoms with Gasteiger partial charge in [-0.2, -0.15) is 0 Å². The molecule has 3 aromatic rings. The van der Waals surface area contributed by atoms with Gasteiger partial charge in [0.15, 0.2) is 17.5 Å². The van der Waals surface area contributed by atoms with E-state index in [1.807, 2.05) is 26.8 Å². The van der Waals surface area contributed by atoms with Gasteiger partial charge in [-0.05, 0) is 85.1 Å². The molecule has 0 spiro atoms. The van der Waals surface area contributed by atoms with Gasteiger partial charge in [0.2, 0.25) is 17.9 Å². The minimum Gasteiger partial charge on any atom is -0.455 e. The highest BCUT2D eigenvalue weighted by Gasteiger charge is 2.78. The predicted molar refractivity (Wildman–Crippen MR) is 294 cm³/mol. The maximum atomic E-state index is 15.9. The summed E-state index contributed by atoms with van der Waals surface area (Å²) in [7, 11) is 0. The Labute approximate surface area is 476 Å². The smallest absolute Gasteiger partial charge is 0.455 e. The number of carbonyl (C=O) groups excluding carboxylic acids is 8. The Bertz CT molecular complexity index is 3050. The molecule has 1 saturated heterocycles. The van der Waals surface area contributed by atoms with Crippen LogP contribution in [0.25, 0.3) is 0 Å². The molecule has 0 aromatic heterocycles. The van der Waals surface area contributed by atoms with Gasteiger partial charge in [0.1, 0.15) is 36.6 Å². The molecule has 2 unspecified atom stereocenters. The van der Waals surface area contributed by atoms with Crippen LogP contribution in [0.3, 0.4) is 0 Å². The summed E-state index contributed by atoms with van der Waals surface area (Å²) >= 11 is 0. The third kappa shape index (κ3) is 11.9. The largest absolute Gasteiger partial charge is 0.509 e. The lowest BCUT2D eigenvalue weighted by Crippen LogP contribution is -2.82. The third-order valence-electron chi connectivity index (χ3n) is 16.9. The molecular formula is C62H73N3O17. The number of benzene rings is 3. The van der Waals surface area contributed by atoms with E-state index in [9.17, 15) is 39.0 Å². The number of hydrogen-bond donors (Lipinski definition) is 5. The fraction of sp³-hybridized carbons (Fsp3) is 0.484. The lowest BCUT2D eigenvalue weighted by atomic mass is 9.44. The van der Waals surface area contributed by atoms with E-state index in [1.54, 1.807) is 84.9 Å². The number of carbonyl (C=O) groups is 8. The van der Waals surface area contributed by atoms with Crippen molar-refractivity contribution in [3.8, 4) is 0 Å². The van der Waals surface area contributed by atoms with Crippen LogP contribution in [0.15, 0.2) is 120 Å². The van der Waals surface area contributed by atoms with Gasteiger partial charge in [-0.25, -0.2) is 14.4 Å². The van der Waals surface area contributed by atoms with E-state index in [4.69, 9.17) is 38.9 Å². The third-order valence-corrected chi connectivity index (χ3v) is 16.9. The first kappa shape index (κ1) is 60.6. The van der Waals surface area contributed by atoms with Crippen LogP contribution < -0.4 is 16.4 Å². The minimum absolute atomic E-state index is 0.0226. The number of amides is 2. The molecule has 4 aliphatic carbocycles. The van der Waals surface area contributed by atoms with E-state index in [2.05, 4.69) is 10.6 Å². The Morgan fingerprint density at radius 1 is 0.878 bits per heavy atom. The van der Waals surface area contributed by atoms with Crippen molar-refractivity contribution in [2.75, 3.05) is 11.9 Å². The highest BCUT2D eigenvalue weighted by Crippen LogP contribution is 2.64. The molecule has 6 N–H and O–H groups in total. The highest BCUT2D eigenvalue weighted by molar-refractivity contribution is 5.97. The van der Waals surface area contributed by atoms with Gasteiger partial charge in [0, 0.05) is 43.4 Å². The van der Waals surface area contributed by atoms with Crippen molar-refractivity contribution in [1.29, 1.82) is 0 Å². The Kier molecular flexibility index (Phi) is 17.8. The second kappa shape index (κ2) is 24.1. The summed E-state index contributed by atoms with van der Waals surface area (Å²) < 4.78 is 42.6. The number of esters is 4. The number of nitrogens with one attached hydrogen (secondary N) is 2. The number of allylic oxidation sites excluding steroid dienone is 3. The van der Waals surface area contributed by atoms with E-state index in [-0.39, 0.29) is 59.7 Å². The van der Waals surface area contributed by atoms with E-state index in [1.165, 1.54) is 39.8 Å². The summed E-state index contributed by atoms with van der Waals surface area (Å²) in [5, 5.41) is 32.0. The van der Waals surface area contributed by atoms with Crippen LogP contribution in [0.5, 0.6) is 0 Å². The highest BCUT2D eigenvalue weighted by atomic mass is 16.7. The van der Waals surface area contributed by atoms with Gasteiger partial charge in [0.05, 0.1) is 35.6 Å². The Morgan fingerprint density at radius 2 is 1.54 bits per heavy atom. The summed E-state index contributed by atoms with van der Waals surface area (Å²) in [6.45, 7) is 13.2. The number of aliphatic hydroxyl groups is 2. The van der Waals surface area contributed by atoms with Crippen molar-refractivity contribution in [1.82, 2.24) is 5.32 Å². The quantitative estimate of drug-likeness (QED) is 0.0539. The molecule has 2 bridgehead atoms. The number of anilines is 1. The summed E-state index contributed by atoms with van der Waals surface area (Å²) in [5.41, 5.74) is -0.592. The second-order valence-electron chi connectivity index (χ2n) is 23.3. The minimum atomic E-state index is -2.51. The number of ether oxygens (including phenoxy) is 7. The van der Waals surface area contributed by atoms with Crippen LogP contribution >= 0.6 is 0 Å². The number of nitrogens with two attached hydrogens (primary N) is 1. The molecule has 82 heavy (non-hydrogen) atoms. The van der Waals surface area contributed by atoms with Crippen molar-refractivity contribution in [2.45, 2.75) is 155 Å². The zero-order chi connectivity index (χ0) is 59.6. The number of rotatable bonds is 17. The summed E-state index contributed by atoms with van der Waals surface area (Å²) in [5.74, 6) is -7.37. The molecule has 2 saturated carbocycles. The van der Waals surface area contributed by atoms with Crippen molar-refractivity contribution < 1.29 is 81.7 Å². The molecule has 8 rings (SSSR count). The van der Waals surface area contributed by atoms with Crippen molar-refractivity contribution in [2.24, 2.45) is 34.3 Å². The monoisotopic (exact) mass is 1130 g/mol. The molecule has 20 heteroatoms. The van der Waals surface area contributed by atoms with Gasteiger partial charge in [-0.1, -0.05) is 114 Å². The number of Topliss-reactive ketones (excluding diaryl/α,β-unsaturated/α-hetero) is 1. The molecule has 3 fully saturated rings. The zero-order valence-electron chi connectivity index (χ0n) is 47.5. The van der Waals surface area contributed by atoms with Crippen LogP contribution in [0.1, 0.15) is 116 Å². The van der Waals surface area contributed by atoms with Crippen LogP contribution in [0, 0.1) is 28.6 Å². The average molecular weight is 1130 g/mol. The predicted octanol–water partition coefficient (Wildman–Crippen LogP) is 6.62. The van der Waals surface area contributed by atoms with E-state index >= 15 is 9.59 Å². The van der Waals surface area contributed by atoms with E-state index in [0.717, 1.165) is 13.8 Å². The van der Waals surface area contributed by atoms with Gasteiger partial charge in [0.25, 0.3) is 0 Å². The standard InChI is InChI=1S/C62H73N3O17/c1-33(2)27-43(63)55(71)64-42-25-23-38(24-26-42)31-76-58(74)80-50(48(39-18-12-10-13-19-39)65-54(70)41-22-16-17-34(3)28-41)57(73)79-44-30-62(75)53(81-56(72)40-20-14-11-15-21-40)51-60(9,45(68)29-46-61(51,32-77-46)82-37(6)67)52(69)49(78-36(5)66)47(35(44)4)59(62,7)8/h10-26,33-34,43-46,48-51,53,68,75H,27-32,63H2,1-9H3,(H,64,71)(H,65,70)/t34?,43-,44+,45+,46-,48+,49-,50-,51?,53+,60-,61+,62-/m1/s1. The Hall–Kier alpha value is -7.52. The maximum absolute atomic E-state index is 15.9. The SMILES string of the molecule is CC(=O)O[C@H]1C(=O)[C@@]2(C)C([C@H](OC(=O)c3ccccc3)[C@]3(O)C[C@H](OC(=O)[C@H](OC(=O)OCc4ccc(NC(=O)[C@H](N)CC(C)C)cc4)[C@@H](NC(=O)C4=CC=CC(C)C4)c4ccccc4)C(C)=C1C3(C)C)[C@]1(OC(C)=O)CO[C@@H]1C[C@@H]2O. The van der Waals surface area contributed by atoms with E-state index < -0.39 is 125 Å². The van der Waals surface area contributed by atoms with Gasteiger partial charge in [-0.15, -0.1) is 0 Å². The fourth-order valence-corrected chi connectivity index (χ4v) is 12.5. The average Bonchev–Trinajstić information content (AvgIpc) is 3.07. The normalized spacial score (nSPS) is 29.0. The topological polar surface area (TPSA) is 292 Å². The first-order chi connectivity index (χ1) is 38.7. The van der Waals surface area contributed by atoms with Crippen molar-refractivity contribution >= 4 is 53.3 Å². The Balaban J connectivity index is 1.22. The lowest BCUT2D eigenvalue weighted by Gasteiger charge is -2.67. The maximum Gasteiger partial charge on any atom is 0.509 e. The van der Waals surface area contributed by atoms with Crippen molar-refractivity contribution in [3.05, 3.63) is 137 Å². The molecule has 3 aromatic carbocycles. The fourth-order valence-electron chi connectivity index (χ4n) is 12.5. The van der Waals surface area contributed by atoms with Gasteiger partial charge >= 0.3 is 30.0 Å². The molecular weight excluding hydrogens is 1060 g/mol. The zero-order valence-corrected chi connectivity index (χ0v) is 47.5. The number of aliphatic hydroxyl groups excluding tert-OH is 1. The first-order valence-electron chi connectivity index (χ1n) is 27.5. The number of fused-ring (bicyclic) bond motifs is 5. The van der Waals surface area contributed by atoms with Crippen LogP contribution in [0.4, 0.5) is 10.5 Å². The van der Waals surface area contributed by atoms with Crippen LogP contribution in [-0.4, -0.2) is 118 Å². The molecule has 20 nitrogen and oxygen atoms in total. The summed E-state index contributed by atoms with van der Waals surface area (Å²) in [4.78, 5) is 114. The number of ketones is 1. The molecule has 5 aliphatic rings. The van der Waals surface area contributed by atoms with Gasteiger partial charge in [-0.3, -0.25) is 24.0 Å². The van der Waals surface area contributed by atoms with Crippen molar-refractivity contribution in [3.63, 3.8) is 0 Å². The molecule has 13 atom stereocenters. The summed E-state index contributed by atoms with van der Waals surface area (Å²) in [6, 6.07) is 20.1. The molecule has 2 amide bonds. The van der Waals surface area contributed by atoms with Crippen LogP contribution in [0.2, 0.25) is 0 Å². The molecule has 0 radical (unpaired) electrons. The molecule has 1 aliphatic heterocycles. The summed E-state index contributed by atoms with van der Waals surface area (Å²) in [6.07, 6.45) is -6.43. The Morgan fingerprint density at radius 3 is 2.13 bits per heavy atom.